The zero-order valence-corrected chi connectivity index (χ0v) is 16.1. The van der Waals surface area contributed by atoms with Crippen LogP contribution in [0.4, 0.5) is 5.69 Å². The van der Waals surface area contributed by atoms with Gasteiger partial charge in [-0.3, -0.25) is 9.59 Å². The van der Waals surface area contributed by atoms with Gasteiger partial charge in [0.05, 0.1) is 6.54 Å². The number of nitrogens with zero attached hydrogens (tertiary/aromatic N) is 1. The van der Waals surface area contributed by atoms with Crippen molar-refractivity contribution in [1.82, 2.24) is 4.90 Å². The highest BCUT2D eigenvalue weighted by Crippen LogP contribution is 2.19. The van der Waals surface area contributed by atoms with Gasteiger partial charge in [-0.05, 0) is 30.5 Å². The molecule has 2 N–H and O–H groups in total. The third-order valence-corrected chi connectivity index (χ3v) is 4.23. The van der Waals surface area contributed by atoms with Crippen LogP contribution in [0.1, 0.15) is 22.8 Å². The summed E-state index contributed by atoms with van der Waals surface area (Å²) in [6.07, 6.45) is -1.47. The van der Waals surface area contributed by atoms with Gasteiger partial charge in [0.25, 0.3) is 5.91 Å². The number of rotatable bonds is 7. The number of likely N-dealkylation sites (N-methyl/N-ethyl adjacent to an activating group) is 1. The molecule has 0 aliphatic rings. The number of hydrogen-bond donors (Lipinski definition) is 2. The number of anilines is 1. The molecule has 0 spiro atoms. The Balaban J connectivity index is 1.84. The van der Waals surface area contributed by atoms with Gasteiger partial charge in [0.1, 0.15) is 0 Å². The van der Waals surface area contributed by atoms with Crippen LogP contribution in [0, 0.1) is 13.8 Å². The molecule has 7 heteroatoms. The van der Waals surface area contributed by atoms with E-state index in [1.165, 1.54) is 7.05 Å². The predicted octanol–water partition coefficient (Wildman–Crippen LogP) is 1.98. The number of ether oxygens (including phenoxy) is 1. The monoisotopic (exact) mass is 384 g/mol. The number of nitrogens with one attached hydrogen (secondary N) is 1. The summed E-state index contributed by atoms with van der Waals surface area (Å²) in [6, 6.07) is 13.9. The van der Waals surface area contributed by atoms with Crippen molar-refractivity contribution in [2.75, 3.05) is 25.5 Å². The number of aliphatic hydroxyl groups is 1. The first kappa shape index (κ1) is 21.1. The molecule has 0 radical (unpaired) electrons. The lowest BCUT2D eigenvalue weighted by atomic mass is 10.1. The Kier molecular flexibility index (Phi) is 7.28. The minimum absolute atomic E-state index is 0.189. The molecule has 2 amide bonds. The van der Waals surface area contributed by atoms with Gasteiger partial charge in [-0.2, -0.15) is 0 Å². The van der Waals surface area contributed by atoms with Crippen molar-refractivity contribution in [3.8, 4) is 0 Å². The SMILES string of the molecule is Cc1cccc(C)c1NC(=O)CN(C)C(=O)COC(=O)[C@H](O)c1ccccc1. The first-order chi connectivity index (χ1) is 13.3. The van der Waals surface area contributed by atoms with Crippen molar-refractivity contribution >= 4 is 23.5 Å². The summed E-state index contributed by atoms with van der Waals surface area (Å²) in [5, 5.41) is 12.7. The van der Waals surface area contributed by atoms with E-state index in [1.54, 1.807) is 30.3 Å². The number of carbonyl (C=O) groups excluding carboxylic acids is 3. The number of aryl methyl sites for hydroxylation is 2. The fourth-order valence-corrected chi connectivity index (χ4v) is 2.59. The number of esters is 1. The largest absolute Gasteiger partial charge is 0.453 e. The normalized spacial score (nSPS) is 11.4. The van der Waals surface area contributed by atoms with Gasteiger partial charge in [-0.1, -0.05) is 48.5 Å². The van der Waals surface area contributed by atoms with Crippen LogP contribution < -0.4 is 5.32 Å². The van der Waals surface area contributed by atoms with Crippen LogP contribution in [0.25, 0.3) is 0 Å². The second kappa shape index (κ2) is 9.66. The van der Waals surface area contributed by atoms with Crippen molar-refractivity contribution in [2.24, 2.45) is 0 Å². The highest BCUT2D eigenvalue weighted by molar-refractivity contribution is 5.96. The highest BCUT2D eigenvalue weighted by atomic mass is 16.5. The van der Waals surface area contributed by atoms with E-state index in [4.69, 9.17) is 4.74 Å². The van der Waals surface area contributed by atoms with Crippen molar-refractivity contribution in [2.45, 2.75) is 20.0 Å². The summed E-state index contributed by atoms with van der Waals surface area (Å²) in [5.74, 6) is -1.83. The van der Waals surface area contributed by atoms with Crippen molar-refractivity contribution < 1.29 is 24.2 Å². The number of amides is 2. The van der Waals surface area contributed by atoms with Gasteiger partial charge in [-0.15, -0.1) is 0 Å². The molecule has 0 saturated carbocycles. The first-order valence-corrected chi connectivity index (χ1v) is 8.79. The molecule has 0 saturated heterocycles. The minimum atomic E-state index is -1.47. The Hall–Kier alpha value is -3.19. The highest BCUT2D eigenvalue weighted by Gasteiger charge is 2.21. The molecule has 28 heavy (non-hydrogen) atoms. The molecule has 7 nitrogen and oxygen atoms in total. The quantitative estimate of drug-likeness (QED) is 0.712. The molecule has 0 aliphatic heterocycles. The van der Waals surface area contributed by atoms with Crippen molar-refractivity contribution in [1.29, 1.82) is 0 Å². The lowest BCUT2D eigenvalue weighted by molar-refractivity contribution is -0.159. The van der Waals surface area contributed by atoms with E-state index >= 15 is 0 Å². The number of carbonyl (C=O) groups is 3. The number of hydrogen-bond acceptors (Lipinski definition) is 5. The standard InChI is InChI=1S/C21H24N2O5/c1-14-8-7-9-15(2)19(14)22-17(24)12-23(3)18(25)13-28-21(27)20(26)16-10-5-4-6-11-16/h4-11,20,26H,12-13H2,1-3H3,(H,22,24)/t20-/m1/s1. The molecule has 0 unspecified atom stereocenters. The van der Waals surface area contributed by atoms with Gasteiger partial charge in [-0.25, -0.2) is 4.79 Å². The fourth-order valence-electron chi connectivity index (χ4n) is 2.59. The number of para-hydroxylation sites is 1. The average Bonchev–Trinajstić information content (AvgIpc) is 2.68. The maximum Gasteiger partial charge on any atom is 0.340 e. The Morgan fingerprint density at radius 2 is 1.64 bits per heavy atom. The summed E-state index contributed by atoms with van der Waals surface area (Å²) < 4.78 is 4.87. The minimum Gasteiger partial charge on any atom is -0.453 e. The smallest absolute Gasteiger partial charge is 0.340 e. The predicted molar refractivity (Wildman–Crippen MR) is 105 cm³/mol. The summed E-state index contributed by atoms with van der Waals surface area (Å²) in [5.41, 5.74) is 2.93. The second-order valence-electron chi connectivity index (χ2n) is 6.49. The second-order valence-corrected chi connectivity index (χ2v) is 6.49. The van der Waals surface area contributed by atoms with E-state index in [0.717, 1.165) is 16.0 Å². The van der Waals surface area contributed by atoms with Crippen LogP contribution >= 0.6 is 0 Å². The Morgan fingerprint density at radius 1 is 1.04 bits per heavy atom. The molecule has 1 atom stereocenters. The maximum absolute atomic E-state index is 12.2. The first-order valence-electron chi connectivity index (χ1n) is 8.79. The van der Waals surface area contributed by atoms with Gasteiger partial charge >= 0.3 is 5.97 Å². The lowest BCUT2D eigenvalue weighted by Crippen LogP contribution is -2.38. The molecule has 0 aromatic heterocycles. The summed E-state index contributed by atoms with van der Waals surface area (Å²) >= 11 is 0. The number of aliphatic hydroxyl groups excluding tert-OH is 1. The molecule has 0 bridgehead atoms. The summed E-state index contributed by atoms with van der Waals surface area (Å²) in [6.45, 7) is 3.02. The van der Waals surface area contributed by atoms with Crippen LogP contribution in [-0.2, 0) is 19.1 Å². The molecule has 148 valence electrons. The molecule has 2 aromatic rings. The Labute approximate surface area is 163 Å². The summed E-state index contributed by atoms with van der Waals surface area (Å²) in [4.78, 5) is 37.4. The lowest BCUT2D eigenvalue weighted by Gasteiger charge is -2.18. The van der Waals surface area contributed by atoms with Crippen LogP contribution in [0.5, 0.6) is 0 Å². The van der Waals surface area contributed by atoms with E-state index in [0.29, 0.717) is 11.3 Å². The summed E-state index contributed by atoms with van der Waals surface area (Å²) in [7, 11) is 1.44. The van der Waals surface area contributed by atoms with Gasteiger partial charge < -0.3 is 20.1 Å². The van der Waals surface area contributed by atoms with Crippen LogP contribution in [0.3, 0.4) is 0 Å². The Bertz CT molecular complexity index is 831. The topological polar surface area (TPSA) is 95.9 Å². The maximum atomic E-state index is 12.2. The van der Waals surface area contributed by atoms with Gasteiger partial charge in [0, 0.05) is 12.7 Å². The third-order valence-electron chi connectivity index (χ3n) is 4.23. The van der Waals surface area contributed by atoms with Gasteiger partial charge in [0.15, 0.2) is 12.7 Å². The van der Waals surface area contributed by atoms with E-state index < -0.39 is 24.6 Å². The fraction of sp³-hybridized carbons (Fsp3) is 0.286. The molecule has 0 fully saturated rings. The van der Waals surface area contributed by atoms with Gasteiger partial charge in [0.2, 0.25) is 5.91 Å². The zero-order chi connectivity index (χ0) is 20.7. The average molecular weight is 384 g/mol. The van der Waals surface area contributed by atoms with Crippen molar-refractivity contribution in [3.05, 3.63) is 65.2 Å². The van der Waals surface area contributed by atoms with Crippen LogP contribution in [-0.4, -0.2) is 48.0 Å². The molecular formula is C21H24N2O5. The molecule has 2 rings (SSSR count). The third kappa shape index (κ3) is 5.65. The van der Waals surface area contributed by atoms with Crippen molar-refractivity contribution in [3.63, 3.8) is 0 Å². The Morgan fingerprint density at radius 3 is 2.25 bits per heavy atom. The van der Waals surface area contributed by atoms with E-state index in [1.807, 2.05) is 32.0 Å². The van der Waals surface area contributed by atoms with E-state index in [-0.39, 0.29) is 12.5 Å². The number of benzene rings is 2. The van der Waals surface area contributed by atoms with E-state index in [2.05, 4.69) is 5.32 Å². The van der Waals surface area contributed by atoms with Crippen LogP contribution in [0.2, 0.25) is 0 Å². The molecular weight excluding hydrogens is 360 g/mol. The zero-order valence-electron chi connectivity index (χ0n) is 16.1. The molecule has 0 aliphatic carbocycles. The molecule has 0 heterocycles. The van der Waals surface area contributed by atoms with E-state index in [9.17, 15) is 19.5 Å². The van der Waals surface area contributed by atoms with Crippen LogP contribution in [0.15, 0.2) is 48.5 Å². The molecule has 2 aromatic carbocycles.